The monoisotopic (exact) mass is 476 g/mol. The van der Waals surface area contributed by atoms with Crippen LogP contribution in [0.4, 0.5) is 0 Å². The molecule has 0 aliphatic heterocycles. The normalized spacial score (nSPS) is 37.7. The van der Waals surface area contributed by atoms with Crippen LogP contribution in [0.2, 0.25) is 0 Å². The first-order chi connectivity index (χ1) is 15.9. The molecule has 3 saturated carbocycles. The second-order valence-electron chi connectivity index (χ2n) is 11.8. The van der Waals surface area contributed by atoms with Crippen molar-refractivity contribution >= 4 is 23.4 Å². The highest BCUT2D eigenvalue weighted by Crippen LogP contribution is 2.64. The van der Waals surface area contributed by atoms with Gasteiger partial charge >= 0.3 is 5.97 Å². The highest BCUT2D eigenvalue weighted by Gasteiger charge is 2.59. The van der Waals surface area contributed by atoms with E-state index in [0.29, 0.717) is 23.5 Å². The Hall–Kier alpha value is -0.830. The summed E-state index contributed by atoms with van der Waals surface area (Å²) in [4.78, 5) is 24.0. The summed E-state index contributed by atoms with van der Waals surface area (Å²) in [6, 6.07) is 0. The number of ketones is 1. The maximum absolute atomic E-state index is 12.2. The zero-order chi connectivity index (χ0) is 23.4. The van der Waals surface area contributed by atoms with Crippen molar-refractivity contribution in [2.24, 2.45) is 35.0 Å². The standard InChI is InChI=1S/C29H45ClO3/c1-20(31)33-27-14-13-26-28-21(10-8-6-4-3-5-7-9-17-30)18-22-19-23(32)11-12-24(22)25(28)15-16-29(26,27)2/h19,21,24-28H,3-18H2,1-2H3/t21-,24?,25?,26?,27+,28?,29+/m1/s1. The number of ether oxygens (including phenoxy) is 1. The number of carbonyl (C=O) groups excluding carboxylic acids is 2. The van der Waals surface area contributed by atoms with Gasteiger partial charge in [0.25, 0.3) is 0 Å². The quantitative estimate of drug-likeness (QED) is 0.185. The topological polar surface area (TPSA) is 43.4 Å². The van der Waals surface area contributed by atoms with Crippen molar-refractivity contribution in [3.8, 4) is 0 Å². The molecule has 3 fully saturated rings. The van der Waals surface area contributed by atoms with E-state index in [0.717, 1.165) is 49.8 Å². The molecule has 186 valence electrons. The van der Waals surface area contributed by atoms with Gasteiger partial charge in [-0.05, 0) is 87.0 Å². The van der Waals surface area contributed by atoms with Crippen LogP contribution in [-0.2, 0) is 14.3 Å². The van der Waals surface area contributed by atoms with Gasteiger partial charge in [-0.3, -0.25) is 9.59 Å². The van der Waals surface area contributed by atoms with E-state index in [4.69, 9.17) is 16.3 Å². The average Bonchev–Trinajstić information content (AvgIpc) is 3.10. The molecule has 0 N–H and O–H groups in total. The molecular weight excluding hydrogens is 432 g/mol. The van der Waals surface area contributed by atoms with Crippen LogP contribution in [0.15, 0.2) is 11.6 Å². The number of hydrogen-bond acceptors (Lipinski definition) is 3. The van der Waals surface area contributed by atoms with Gasteiger partial charge in [-0.2, -0.15) is 0 Å². The van der Waals surface area contributed by atoms with Crippen LogP contribution in [0.25, 0.3) is 0 Å². The molecule has 0 spiro atoms. The van der Waals surface area contributed by atoms with E-state index in [-0.39, 0.29) is 17.5 Å². The van der Waals surface area contributed by atoms with Gasteiger partial charge in [0.15, 0.2) is 5.78 Å². The third-order valence-corrected chi connectivity index (χ3v) is 10.2. The van der Waals surface area contributed by atoms with Crippen molar-refractivity contribution in [2.45, 2.75) is 116 Å². The predicted molar refractivity (Wildman–Crippen MR) is 134 cm³/mol. The fourth-order valence-electron chi connectivity index (χ4n) is 8.40. The number of hydrogen-bond donors (Lipinski definition) is 0. The van der Waals surface area contributed by atoms with Crippen molar-refractivity contribution < 1.29 is 14.3 Å². The fourth-order valence-corrected chi connectivity index (χ4v) is 8.59. The second kappa shape index (κ2) is 11.3. The van der Waals surface area contributed by atoms with Crippen molar-refractivity contribution in [3.05, 3.63) is 11.6 Å². The number of halogens is 1. The molecule has 0 saturated heterocycles. The smallest absolute Gasteiger partial charge is 0.302 e. The third-order valence-electron chi connectivity index (χ3n) is 9.90. The number of rotatable bonds is 10. The van der Waals surface area contributed by atoms with Gasteiger partial charge in [0.2, 0.25) is 0 Å². The molecule has 0 amide bonds. The number of esters is 1. The molecular formula is C29H45ClO3. The first kappa shape index (κ1) is 25.3. The Bertz CT molecular complexity index is 730. The summed E-state index contributed by atoms with van der Waals surface area (Å²) < 4.78 is 5.87. The molecule has 4 heteroatoms. The molecule has 0 aromatic heterocycles. The first-order valence-corrected chi connectivity index (χ1v) is 14.4. The number of carbonyl (C=O) groups is 2. The van der Waals surface area contributed by atoms with E-state index in [9.17, 15) is 9.59 Å². The lowest BCUT2D eigenvalue weighted by atomic mass is 9.49. The van der Waals surface area contributed by atoms with Gasteiger partial charge in [-0.15, -0.1) is 11.6 Å². The van der Waals surface area contributed by atoms with Gasteiger partial charge < -0.3 is 4.74 Å². The van der Waals surface area contributed by atoms with Crippen LogP contribution in [0.5, 0.6) is 0 Å². The Kier molecular flexibility index (Phi) is 8.63. The molecule has 0 heterocycles. The summed E-state index contributed by atoms with van der Waals surface area (Å²) >= 11 is 5.80. The van der Waals surface area contributed by atoms with E-state index in [1.54, 1.807) is 6.92 Å². The molecule has 3 nitrogen and oxygen atoms in total. The van der Waals surface area contributed by atoms with Gasteiger partial charge in [0.1, 0.15) is 6.10 Å². The minimum atomic E-state index is -0.119. The van der Waals surface area contributed by atoms with Crippen LogP contribution < -0.4 is 0 Å². The second-order valence-corrected chi connectivity index (χ2v) is 12.2. The van der Waals surface area contributed by atoms with Gasteiger partial charge in [-0.1, -0.05) is 51.0 Å². The van der Waals surface area contributed by atoms with Crippen molar-refractivity contribution in [1.82, 2.24) is 0 Å². The van der Waals surface area contributed by atoms with Gasteiger partial charge in [-0.25, -0.2) is 0 Å². The molecule has 0 aromatic carbocycles. The Morgan fingerprint density at radius 3 is 2.52 bits per heavy atom. The molecule has 4 aliphatic rings. The minimum absolute atomic E-state index is 0.0967. The minimum Gasteiger partial charge on any atom is -0.462 e. The van der Waals surface area contributed by atoms with E-state index >= 15 is 0 Å². The van der Waals surface area contributed by atoms with E-state index < -0.39 is 0 Å². The summed E-state index contributed by atoms with van der Waals surface area (Å²) in [7, 11) is 0. The largest absolute Gasteiger partial charge is 0.462 e. The van der Waals surface area contributed by atoms with Crippen LogP contribution in [-0.4, -0.2) is 23.7 Å². The molecule has 33 heavy (non-hydrogen) atoms. The molecule has 7 atom stereocenters. The molecule has 0 radical (unpaired) electrons. The van der Waals surface area contributed by atoms with E-state index in [1.165, 1.54) is 69.8 Å². The van der Waals surface area contributed by atoms with Crippen LogP contribution >= 0.6 is 11.6 Å². The third kappa shape index (κ3) is 5.54. The first-order valence-electron chi connectivity index (χ1n) is 13.9. The summed E-state index contributed by atoms with van der Waals surface area (Å²) in [5, 5.41) is 0. The van der Waals surface area contributed by atoms with Gasteiger partial charge in [0, 0.05) is 24.6 Å². The number of fused-ring (bicyclic) bond motifs is 5. The van der Waals surface area contributed by atoms with Crippen LogP contribution in [0, 0.1) is 35.0 Å². The van der Waals surface area contributed by atoms with Gasteiger partial charge in [0.05, 0.1) is 0 Å². The van der Waals surface area contributed by atoms with Crippen molar-refractivity contribution in [3.63, 3.8) is 0 Å². The zero-order valence-electron chi connectivity index (χ0n) is 21.0. The summed E-state index contributed by atoms with van der Waals surface area (Å²) in [6.07, 6.45) is 20.1. The highest BCUT2D eigenvalue weighted by atomic mass is 35.5. The van der Waals surface area contributed by atoms with E-state index in [2.05, 4.69) is 6.92 Å². The lowest BCUT2D eigenvalue weighted by Crippen LogP contribution is -2.51. The molecule has 0 bridgehead atoms. The Morgan fingerprint density at radius 2 is 1.79 bits per heavy atom. The fraction of sp³-hybridized carbons (Fsp3) is 0.862. The Balaban J connectivity index is 1.44. The number of alkyl halides is 1. The maximum atomic E-state index is 12.2. The van der Waals surface area contributed by atoms with Crippen LogP contribution in [0.1, 0.15) is 110 Å². The molecule has 4 unspecified atom stereocenters. The summed E-state index contributed by atoms with van der Waals surface area (Å²) in [5.41, 5.74) is 1.62. The lowest BCUT2D eigenvalue weighted by Gasteiger charge is -2.56. The molecule has 4 rings (SSSR count). The molecule has 4 aliphatic carbocycles. The SMILES string of the molecule is CC(=O)O[C@H]1CCC2C3C(CC[C@@]21C)C1CCC(=O)C=C1C[C@H]3CCCCCCCCCCl. The van der Waals surface area contributed by atoms with E-state index in [1.807, 2.05) is 6.08 Å². The van der Waals surface area contributed by atoms with Crippen molar-refractivity contribution in [2.75, 3.05) is 5.88 Å². The number of unbranched alkanes of at least 4 members (excludes halogenated alkanes) is 6. The zero-order valence-corrected chi connectivity index (χ0v) is 21.7. The summed E-state index contributed by atoms with van der Waals surface area (Å²) in [5.74, 6) is 4.49. The number of allylic oxidation sites excluding steroid dienone is 1. The van der Waals surface area contributed by atoms with Crippen LogP contribution in [0.3, 0.4) is 0 Å². The summed E-state index contributed by atoms with van der Waals surface area (Å²) in [6.45, 7) is 3.99. The Morgan fingerprint density at radius 1 is 1.06 bits per heavy atom. The maximum Gasteiger partial charge on any atom is 0.302 e. The highest BCUT2D eigenvalue weighted by molar-refractivity contribution is 6.17. The lowest BCUT2D eigenvalue weighted by molar-refractivity contribution is -0.157. The average molecular weight is 477 g/mol. The Labute approximate surface area is 206 Å². The molecule has 0 aromatic rings. The predicted octanol–water partition coefficient (Wildman–Crippen LogP) is 7.65. The van der Waals surface area contributed by atoms with Crippen molar-refractivity contribution in [1.29, 1.82) is 0 Å².